The van der Waals surface area contributed by atoms with E-state index >= 15 is 0 Å². The van der Waals surface area contributed by atoms with Crippen molar-refractivity contribution in [2.75, 3.05) is 18.9 Å². The molecule has 1 spiro atoms. The van der Waals surface area contributed by atoms with Crippen LogP contribution in [0.1, 0.15) is 24.0 Å². The molecule has 0 aromatic heterocycles. The van der Waals surface area contributed by atoms with Gasteiger partial charge in [-0.05, 0) is 37.1 Å². The third-order valence-corrected chi connectivity index (χ3v) is 3.51. The zero-order valence-corrected chi connectivity index (χ0v) is 8.56. The van der Waals surface area contributed by atoms with Gasteiger partial charge in [-0.3, -0.25) is 0 Å². The number of anilines is 1. The summed E-state index contributed by atoms with van der Waals surface area (Å²) < 4.78 is 0. The number of nitrogens with one attached hydrogen (secondary N) is 2. The fraction of sp³-hybridized carbons (Fsp3) is 0.500. The lowest BCUT2D eigenvalue weighted by atomic mass is 9.96. The SMILES string of the molecule is CNCc1ccc2c(c1)C1(CC1)CN2. The average molecular weight is 188 g/mol. The van der Waals surface area contributed by atoms with Crippen molar-refractivity contribution in [3.8, 4) is 0 Å². The summed E-state index contributed by atoms with van der Waals surface area (Å²) in [7, 11) is 2.00. The third kappa shape index (κ3) is 1.07. The van der Waals surface area contributed by atoms with Crippen LogP contribution in [-0.2, 0) is 12.0 Å². The van der Waals surface area contributed by atoms with Crippen molar-refractivity contribution in [1.29, 1.82) is 0 Å². The van der Waals surface area contributed by atoms with Crippen LogP contribution in [0.4, 0.5) is 5.69 Å². The number of fused-ring (bicyclic) bond motifs is 2. The summed E-state index contributed by atoms with van der Waals surface area (Å²) in [6.07, 6.45) is 2.74. The Labute approximate surface area is 84.7 Å². The molecule has 1 aromatic rings. The van der Waals surface area contributed by atoms with Gasteiger partial charge in [-0.15, -0.1) is 0 Å². The molecule has 0 amide bonds. The first-order chi connectivity index (χ1) is 6.84. The van der Waals surface area contributed by atoms with Crippen LogP contribution in [0.25, 0.3) is 0 Å². The zero-order chi connectivity index (χ0) is 9.60. The molecule has 2 N–H and O–H groups in total. The minimum absolute atomic E-state index is 0.527. The lowest BCUT2D eigenvalue weighted by molar-refractivity contribution is 0.769. The Morgan fingerprint density at radius 1 is 1.43 bits per heavy atom. The molecule has 14 heavy (non-hydrogen) atoms. The Kier molecular flexibility index (Phi) is 1.62. The van der Waals surface area contributed by atoms with E-state index in [1.165, 1.54) is 24.1 Å². The van der Waals surface area contributed by atoms with Gasteiger partial charge in [0.25, 0.3) is 0 Å². The number of benzene rings is 1. The molecule has 2 aliphatic rings. The van der Waals surface area contributed by atoms with Crippen LogP contribution in [-0.4, -0.2) is 13.6 Å². The van der Waals surface area contributed by atoms with Crippen LogP contribution in [0.2, 0.25) is 0 Å². The van der Waals surface area contributed by atoms with E-state index in [2.05, 4.69) is 28.8 Å². The maximum Gasteiger partial charge on any atom is 0.0379 e. The molecule has 0 unspecified atom stereocenters. The second kappa shape index (κ2) is 2.74. The van der Waals surface area contributed by atoms with Crippen molar-refractivity contribution in [2.24, 2.45) is 0 Å². The number of hydrogen-bond donors (Lipinski definition) is 2. The lowest BCUT2D eigenvalue weighted by Gasteiger charge is -2.08. The highest BCUT2D eigenvalue weighted by Crippen LogP contribution is 2.54. The van der Waals surface area contributed by atoms with Crippen LogP contribution in [0.5, 0.6) is 0 Å². The Morgan fingerprint density at radius 2 is 2.29 bits per heavy atom. The van der Waals surface area contributed by atoms with E-state index in [9.17, 15) is 0 Å². The van der Waals surface area contributed by atoms with Gasteiger partial charge in [-0.25, -0.2) is 0 Å². The van der Waals surface area contributed by atoms with Gasteiger partial charge >= 0.3 is 0 Å². The molecule has 2 heteroatoms. The molecule has 74 valence electrons. The van der Waals surface area contributed by atoms with Gasteiger partial charge in [0.2, 0.25) is 0 Å². The summed E-state index contributed by atoms with van der Waals surface area (Å²) in [5.74, 6) is 0. The van der Waals surface area contributed by atoms with Crippen LogP contribution in [0.15, 0.2) is 18.2 Å². The van der Waals surface area contributed by atoms with Crippen molar-refractivity contribution in [1.82, 2.24) is 5.32 Å². The lowest BCUT2D eigenvalue weighted by Crippen LogP contribution is -2.09. The second-order valence-corrected chi connectivity index (χ2v) is 4.54. The van der Waals surface area contributed by atoms with Gasteiger partial charge in [-0.1, -0.05) is 12.1 Å². The summed E-state index contributed by atoms with van der Waals surface area (Å²) in [6.45, 7) is 2.13. The fourth-order valence-electron chi connectivity index (χ4n) is 2.46. The van der Waals surface area contributed by atoms with E-state index in [1.807, 2.05) is 7.05 Å². The Hall–Kier alpha value is -1.02. The second-order valence-electron chi connectivity index (χ2n) is 4.54. The minimum Gasteiger partial charge on any atom is -0.384 e. The summed E-state index contributed by atoms with van der Waals surface area (Å²) >= 11 is 0. The standard InChI is InChI=1S/C12H16N2/c1-13-7-9-2-3-11-10(6-9)12(4-5-12)8-14-11/h2-3,6,13-14H,4-5,7-8H2,1H3. The maximum absolute atomic E-state index is 3.50. The van der Waals surface area contributed by atoms with Gasteiger partial charge in [-0.2, -0.15) is 0 Å². The normalized spacial score (nSPS) is 20.6. The van der Waals surface area contributed by atoms with E-state index < -0.39 is 0 Å². The zero-order valence-electron chi connectivity index (χ0n) is 8.56. The Bertz CT molecular complexity index is 367. The predicted octanol–water partition coefficient (Wildman–Crippen LogP) is 1.86. The first-order valence-corrected chi connectivity index (χ1v) is 5.36. The van der Waals surface area contributed by atoms with Crippen molar-refractivity contribution in [2.45, 2.75) is 24.8 Å². The molecule has 0 bridgehead atoms. The topological polar surface area (TPSA) is 24.1 Å². The molecule has 1 aliphatic carbocycles. The first-order valence-electron chi connectivity index (χ1n) is 5.36. The van der Waals surface area contributed by atoms with E-state index in [1.54, 1.807) is 5.56 Å². The molecular weight excluding hydrogens is 172 g/mol. The monoisotopic (exact) mass is 188 g/mol. The first kappa shape index (κ1) is 8.30. The molecular formula is C12H16N2. The van der Waals surface area contributed by atoms with Crippen LogP contribution >= 0.6 is 0 Å². The molecule has 1 aromatic carbocycles. The smallest absolute Gasteiger partial charge is 0.0379 e. The maximum atomic E-state index is 3.50. The summed E-state index contributed by atoms with van der Waals surface area (Å²) in [6, 6.07) is 6.82. The molecule has 3 rings (SSSR count). The summed E-state index contributed by atoms with van der Waals surface area (Å²) in [5, 5.41) is 6.70. The van der Waals surface area contributed by atoms with Gasteiger partial charge < -0.3 is 10.6 Å². The highest BCUT2D eigenvalue weighted by Gasteiger charge is 2.48. The third-order valence-electron chi connectivity index (χ3n) is 3.51. The van der Waals surface area contributed by atoms with E-state index in [4.69, 9.17) is 0 Å². The number of hydrogen-bond acceptors (Lipinski definition) is 2. The van der Waals surface area contributed by atoms with Crippen molar-refractivity contribution >= 4 is 5.69 Å². The van der Waals surface area contributed by atoms with Crippen molar-refractivity contribution in [3.63, 3.8) is 0 Å². The molecule has 1 fully saturated rings. The molecule has 0 atom stereocenters. The Morgan fingerprint density at radius 3 is 3.00 bits per heavy atom. The molecule has 2 nitrogen and oxygen atoms in total. The molecule has 1 saturated carbocycles. The van der Waals surface area contributed by atoms with E-state index in [0.717, 1.165) is 13.1 Å². The highest BCUT2D eigenvalue weighted by atomic mass is 15.0. The van der Waals surface area contributed by atoms with Crippen LogP contribution in [0.3, 0.4) is 0 Å². The largest absolute Gasteiger partial charge is 0.384 e. The summed E-state index contributed by atoms with van der Waals surface area (Å²) in [5.41, 5.74) is 4.85. The van der Waals surface area contributed by atoms with Gasteiger partial charge in [0.05, 0.1) is 0 Å². The highest BCUT2D eigenvalue weighted by molar-refractivity contribution is 5.63. The van der Waals surface area contributed by atoms with E-state index in [-0.39, 0.29) is 0 Å². The quantitative estimate of drug-likeness (QED) is 0.740. The molecule has 1 heterocycles. The fourth-order valence-corrected chi connectivity index (χ4v) is 2.46. The minimum atomic E-state index is 0.527. The number of rotatable bonds is 2. The van der Waals surface area contributed by atoms with E-state index in [0.29, 0.717) is 5.41 Å². The van der Waals surface area contributed by atoms with Crippen LogP contribution in [0, 0.1) is 0 Å². The molecule has 0 radical (unpaired) electrons. The van der Waals surface area contributed by atoms with Crippen molar-refractivity contribution < 1.29 is 0 Å². The van der Waals surface area contributed by atoms with Gasteiger partial charge in [0.15, 0.2) is 0 Å². The Balaban J connectivity index is 2.00. The predicted molar refractivity (Wildman–Crippen MR) is 58.6 cm³/mol. The summed E-state index contributed by atoms with van der Waals surface area (Å²) in [4.78, 5) is 0. The van der Waals surface area contributed by atoms with Crippen molar-refractivity contribution in [3.05, 3.63) is 29.3 Å². The van der Waals surface area contributed by atoms with Gasteiger partial charge in [0.1, 0.15) is 0 Å². The molecule has 1 aliphatic heterocycles. The average Bonchev–Trinajstić information content (AvgIpc) is 2.88. The van der Waals surface area contributed by atoms with Gasteiger partial charge in [0, 0.05) is 24.2 Å². The molecule has 0 saturated heterocycles. The van der Waals surface area contributed by atoms with Crippen LogP contribution < -0.4 is 10.6 Å².